The van der Waals surface area contributed by atoms with Gasteiger partial charge in [-0.1, -0.05) is 18.2 Å². The van der Waals surface area contributed by atoms with Gasteiger partial charge in [-0.2, -0.15) is 0 Å². The standard InChI is InChI=1S/C30H24O11/c1-10-6-12(20(29(40)41)17(34)7-10)27(38)30-9-11-8-18(35)23-24(19(11)13(30)2-3-16(33)28(30)39)26(37)22-15(32)5-4-14(31)21(22)25(23)36/h2-8,13,16,27-28,31-35,38-39H,9H2,1H3,(H,40,41)/t13-,16-,27+,28-,30-/m1/s1. The van der Waals surface area contributed by atoms with E-state index in [1.807, 2.05) is 0 Å². The first kappa shape index (κ1) is 26.5. The van der Waals surface area contributed by atoms with E-state index < -0.39 is 92.4 Å². The molecule has 0 aromatic heterocycles. The van der Waals surface area contributed by atoms with Gasteiger partial charge in [0.2, 0.25) is 5.78 Å². The predicted octanol–water partition coefficient (Wildman–Crippen LogP) is 1.94. The molecule has 0 unspecified atom stereocenters. The van der Waals surface area contributed by atoms with Crippen molar-refractivity contribution in [3.63, 3.8) is 0 Å². The van der Waals surface area contributed by atoms with Crippen LogP contribution in [-0.2, 0) is 6.42 Å². The Kier molecular flexibility index (Phi) is 5.59. The second-order valence-corrected chi connectivity index (χ2v) is 10.8. The van der Waals surface area contributed by atoms with Gasteiger partial charge in [0.25, 0.3) is 0 Å². The van der Waals surface area contributed by atoms with Gasteiger partial charge in [0, 0.05) is 16.9 Å². The molecule has 11 heteroatoms. The van der Waals surface area contributed by atoms with Crippen molar-refractivity contribution in [3.05, 3.63) is 92.6 Å². The highest BCUT2D eigenvalue weighted by molar-refractivity contribution is 6.31. The van der Waals surface area contributed by atoms with Crippen molar-refractivity contribution in [2.75, 3.05) is 0 Å². The van der Waals surface area contributed by atoms with E-state index in [2.05, 4.69) is 0 Å². The number of fused-ring (bicyclic) bond motifs is 6. The molecule has 0 radical (unpaired) electrons. The minimum absolute atomic E-state index is 0.125. The highest BCUT2D eigenvalue weighted by Gasteiger charge is 2.60. The number of phenols is 4. The Labute approximate surface area is 231 Å². The molecule has 0 saturated carbocycles. The third kappa shape index (κ3) is 3.34. The van der Waals surface area contributed by atoms with Crippen LogP contribution in [-0.4, -0.2) is 70.6 Å². The van der Waals surface area contributed by atoms with Crippen LogP contribution < -0.4 is 0 Å². The second kappa shape index (κ2) is 8.64. The number of benzene rings is 3. The van der Waals surface area contributed by atoms with Crippen LogP contribution in [0.3, 0.4) is 0 Å². The fourth-order valence-corrected chi connectivity index (χ4v) is 6.88. The molecule has 210 valence electrons. The lowest BCUT2D eigenvalue weighted by molar-refractivity contribution is -0.119. The fraction of sp³-hybridized carbons (Fsp3) is 0.233. The van der Waals surface area contributed by atoms with Crippen LogP contribution in [0.5, 0.6) is 23.0 Å². The van der Waals surface area contributed by atoms with Crippen molar-refractivity contribution >= 4 is 17.5 Å². The number of aryl methyl sites for hydroxylation is 1. The molecule has 5 atom stereocenters. The number of hydrogen-bond donors (Lipinski definition) is 8. The largest absolute Gasteiger partial charge is 0.507 e. The van der Waals surface area contributed by atoms with E-state index in [4.69, 9.17) is 0 Å². The van der Waals surface area contributed by atoms with Crippen LogP contribution in [0.4, 0.5) is 0 Å². The maximum absolute atomic E-state index is 13.9. The molecule has 41 heavy (non-hydrogen) atoms. The number of aromatic carboxylic acids is 1. The number of rotatable bonds is 3. The quantitative estimate of drug-likeness (QED) is 0.134. The summed E-state index contributed by atoms with van der Waals surface area (Å²) in [5.74, 6) is -6.90. The smallest absolute Gasteiger partial charge is 0.339 e. The Hall–Kier alpha value is -4.71. The summed E-state index contributed by atoms with van der Waals surface area (Å²) in [6, 6.07) is 5.80. The van der Waals surface area contributed by atoms with Crippen LogP contribution in [0, 0.1) is 12.3 Å². The number of carbonyl (C=O) groups is 3. The number of allylic oxidation sites excluding steroid dienone is 1. The van der Waals surface area contributed by atoms with E-state index in [9.17, 15) is 55.2 Å². The van der Waals surface area contributed by atoms with Crippen LogP contribution in [0.25, 0.3) is 0 Å². The van der Waals surface area contributed by atoms with Gasteiger partial charge in [0.15, 0.2) is 5.78 Å². The lowest BCUT2D eigenvalue weighted by Crippen LogP contribution is -2.51. The number of aromatic hydroxyl groups is 4. The number of carbonyl (C=O) groups excluding carboxylic acids is 2. The molecular weight excluding hydrogens is 536 g/mol. The zero-order valence-corrected chi connectivity index (χ0v) is 21.4. The predicted molar refractivity (Wildman–Crippen MR) is 140 cm³/mol. The normalized spacial score (nSPS) is 24.8. The summed E-state index contributed by atoms with van der Waals surface area (Å²) in [6.07, 6.45) is -2.72. The Bertz CT molecular complexity index is 1750. The molecule has 3 aromatic rings. The van der Waals surface area contributed by atoms with Crippen LogP contribution in [0.2, 0.25) is 0 Å². The van der Waals surface area contributed by atoms with Gasteiger partial charge in [-0.3, -0.25) is 9.59 Å². The van der Waals surface area contributed by atoms with E-state index in [1.54, 1.807) is 6.92 Å². The van der Waals surface area contributed by atoms with Gasteiger partial charge in [-0.05, 0) is 59.9 Å². The van der Waals surface area contributed by atoms with Crippen LogP contribution in [0.1, 0.15) is 76.5 Å². The summed E-state index contributed by atoms with van der Waals surface area (Å²) in [5, 5.41) is 86.1. The number of phenolic OH excluding ortho intramolecular Hbond substituents is 3. The number of aliphatic hydroxyl groups is 3. The monoisotopic (exact) mass is 560 g/mol. The molecule has 0 saturated heterocycles. The Morgan fingerprint density at radius 2 is 1.44 bits per heavy atom. The third-order valence-corrected chi connectivity index (χ3v) is 8.57. The highest BCUT2D eigenvalue weighted by atomic mass is 16.4. The molecule has 8 N–H and O–H groups in total. The summed E-state index contributed by atoms with van der Waals surface area (Å²) >= 11 is 0. The van der Waals surface area contributed by atoms with Crippen molar-refractivity contribution in [1.29, 1.82) is 0 Å². The molecule has 0 aliphatic heterocycles. The first-order chi connectivity index (χ1) is 19.3. The van der Waals surface area contributed by atoms with Gasteiger partial charge in [0.05, 0.1) is 35.0 Å². The molecule has 3 aliphatic carbocycles. The molecule has 0 fully saturated rings. The van der Waals surface area contributed by atoms with Crippen LogP contribution in [0.15, 0.2) is 42.5 Å². The molecule has 0 heterocycles. The highest BCUT2D eigenvalue weighted by Crippen LogP contribution is 2.62. The molecule has 3 aliphatic rings. The zero-order chi connectivity index (χ0) is 29.7. The summed E-state index contributed by atoms with van der Waals surface area (Å²) in [7, 11) is 0. The van der Waals surface area contributed by atoms with Gasteiger partial charge >= 0.3 is 5.97 Å². The minimum Gasteiger partial charge on any atom is -0.507 e. The SMILES string of the molecule is Cc1cc(O)c(C(=O)O)c([C@H](O)[C@@]23Cc4cc(O)c5c(c4[C@H]2C=C[C@@H](O)[C@H]3O)C(=O)c2c(O)ccc(O)c2C5=O)c1. The van der Waals surface area contributed by atoms with Gasteiger partial charge < -0.3 is 40.9 Å². The molecule has 0 amide bonds. The van der Waals surface area contributed by atoms with E-state index in [-0.39, 0.29) is 28.7 Å². The lowest BCUT2D eigenvalue weighted by atomic mass is 9.61. The fourth-order valence-electron chi connectivity index (χ4n) is 6.88. The van der Waals surface area contributed by atoms with Gasteiger partial charge in [-0.15, -0.1) is 0 Å². The number of hydrogen-bond acceptors (Lipinski definition) is 10. The van der Waals surface area contributed by atoms with Crippen molar-refractivity contribution in [3.8, 4) is 23.0 Å². The maximum atomic E-state index is 13.9. The Balaban J connectivity index is 1.64. The van der Waals surface area contributed by atoms with Crippen molar-refractivity contribution in [1.82, 2.24) is 0 Å². The van der Waals surface area contributed by atoms with Gasteiger partial charge in [0.1, 0.15) is 28.6 Å². The molecule has 6 rings (SSSR count). The van der Waals surface area contributed by atoms with Crippen molar-refractivity contribution in [2.45, 2.75) is 37.6 Å². The second-order valence-electron chi connectivity index (χ2n) is 10.8. The molecule has 3 aromatic carbocycles. The van der Waals surface area contributed by atoms with Gasteiger partial charge in [-0.25, -0.2) is 4.79 Å². The number of aliphatic hydroxyl groups excluding tert-OH is 3. The summed E-state index contributed by atoms with van der Waals surface area (Å²) in [4.78, 5) is 39.5. The number of ketones is 2. The zero-order valence-electron chi connectivity index (χ0n) is 21.4. The average Bonchev–Trinajstić information content (AvgIpc) is 3.24. The Morgan fingerprint density at radius 1 is 0.854 bits per heavy atom. The summed E-state index contributed by atoms with van der Waals surface area (Å²) < 4.78 is 0. The maximum Gasteiger partial charge on any atom is 0.339 e. The lowest BCUT2D eigenvalue weighted by Gasteiger charge is -2.46. The van der Waals surface area contributed by atoms with E-state index in [1.165, 1.54) is 30.4 Å². The Morgan fingerprint density at radius 3 is 2.05 bits per heavy atom. The van der Waals surface area contributed by atoms with E-state index >= 15 is 0 Å². The van der Waals surface area contributed by atoms with Crippen molar-refractivity contribution in [2.24, 2.45) is 5.41 Å². The molecule has 11 nitrogen and oxygen atoms in total. The van der Waals surface area contributed by atoms with E-state index in [0.717, 1.165) is 12.1 Å². The number of carboxylic acid groups (broad SMARTS) is 1. The topological polar surface area (TPSA) is 213 Å². The van der Waals surface area contributed by atoms with Crippen LogP contribution >= 0.6 is 0 Å². The average molecular weight is 561 g/mol. The summed E-state index contributed by atoms with van der Waals surface area (Å²) in [6.45, 7) is 1.56. The molecular formula is C30H24O11. The van der Waals surface area contributed by atoms with E-state index in [0.29, 0.717) is 5.56 Å². The van der Waals surface area contributed by atoms with Crippen molar-refractivity contribution < 1.29 is 55.2 Å². The molecule has 0 spiro atoms. The minimum atomic E-state index is -1.84. The summed E-state index contributed by atoms with van der Waals surface area (Å²) in [5.41, 5.74) is -3.67. The first-order valence-electron chi connectivity index (χ1n) is 12.6. The first-order valence-corrected chi connectivity index (χ1v) is 12.6. The molecule has 0 bridgehead atoms. The third-order valence-electron chi connectivity index (χ3n) is 8.57. The number of carboxylic acids is 1.